The molecule has 0 spiro atoms. The number of rotatable bonds is 2. The molecule has 2 rings (SSSR count). The molecule has 0 aromatic carbocycles. The largest absolute Gasteiger partial charge is 0.394 e. The van der Waals surface area contributed by atoms with Gasteiger partial charge in [0.1, 0.15) is 6.10 Å². The minimum absolute atomic E-state index is 0.229. The summed E-state index contributed by atoms with van der Waals surface area (Å²) in [6.45, 7) is -0.304. The van der Waals surface area contributed by atoms with Crippen LogP contribution in [0.5, 0.6) is 0 Å². The summed E-state index contributed by atoms with van der Waals surface area (Å²) in [5.41, 5.74) is -0.678. The highest BCUT2D eigenvalue weighted by atomic mass is 16.5. The number of ether oxygens (including phenoxy) is 1. The van der Waals surface area contributed by atoms with Crippen molar-refractivity contribution in [2.24, 2.45) is 7.05 Å². The van der Waals surface area contributed by atoms with Gasteiger partial charge in [0.05, 0.1) is 24.4 Å². The lowest BCUT2D eigenvalue weighted by Crippen LogP contribution is -2.35. The Bertz CT molecular complexity index is 520. The van der Waals surface area contributed by atoms with E-state index in [1.54, 1.807) is 0 Å². The van der Waals surface area contributed by atoms with Crippen LogP contribution in [-0.4, -0.2) is 38.6 Å². The van der Waals surface area contributed by atoms with Crippen LogP contribution < -0.4 is 11.2 Å². The number of aliphatic hydroxyl groups is 2. The Balaban J connectivity index is 2.34. The second-order valence-corrected chi connectivity index (χ2v) is 4.06. The third-order valence-corrected chi connectivity index (χ3v) is 2.96. The van der Waals surface area contributed by atoms with E-state index in [0.717, 1.165) is 4.57 Å². The molecule has 7 heteroatoms. The van der Waals surface area contributed by atoms with Crippen LogP contribution >= 0.6 is 0 Å². The fourth-order valence-corrected chi connectivity index (χ4v) is 1.91. The number of hydrogen-bond donors (Lipinski definition) is 3. The molecule has 0 amide bonds. The van der Waals surface area contributed by atoms with E-state index >= 15 is 0 Å². The van der Waals surface area contributed by atoms with Gasteiger partial charge in [-0.15, -0.1) is 0 Å². The number of aromatic nitrogens is 2. The van der Waals surface area contributed by atoms with Crippen molar-refractivity contribution in [1.82, 2.24) is 9.55 Å². The minimum atomic E-state index is -0.804. The summed E-state index contributed by atoms with van der Waals surface area (Å²) >= 11 is 0. The van der Waals surface area contributed by atoms with Gasteiger partial charge in [-0.1, -0.05) is 0 Å². The van der Waals surface area contributed by atoms with Crippen LogP contribution in [0.25, 0.3) is 0 Å². The maximum Gasteiger partial charge on any atom is 0.328 e. The normalized spacial score (nSPS) is 28.5. The molecule has 1 aliphatic rings. The van der Waals surface area contributed by atoms with E-state index in [1.807, 2.05) is 0 Å². The molecule has 0 saturated carbocycles. The highest BCUT2D eigenvalue weighted by Gasteiger charge is 2.35. The lowest BCUT2D eigenvalue weighted by atomic mass is 10.1. The number of nitrogens with zero attached hydrogens (tertiary/aromatic N) is 1. The summed E-state index contributed by atoms with van der Waals surface area (Å²) in [6.07, 6.45) is -0.565. The van der Waals surface area contributed by atoms with Crippen molar-refractivity contribution in [2.45, 2.75) is 24.7 Å². The van der Waals surface area contributed by atoms with Gasteiger partial charge in [0.15, 0.2) is 0 Å². The maximum atomic E-state index is 11.8. The standard InChI is InChI=1S/C10H14N2O5/c1-12-9(15)5(3-11-10(12)16)7-2-6(14)8(4-13)17-7/h3,6-8,13-14H,2,4H2,1H3,(H,11,16)/t6-,7+,8+/m0/s1. The molecule has 2 heterocycles. The first-order valence-corrected chi connectivity index (χ1v) is 5.27. The van der Waals surface area contributed by atoms with E-state index in [2.05, 4.69) is 4.98 Å². The van der Waals surface area contributed by atoms with Gasteiger partial charge in [0, 0.05) is 19.7 Å². The fourth-order valence-electron chi connectivity index (χ4n) is 1.91. The molecule has 1 aromatic heterocycles. The summed E-state index contributed by atoms with van der Waals surface area (Å²) in [5, 5.41) is 18.5. The number of nitrogens with one attached hydrogen (secondary N) is 1. The quantitative estimate of drug-likeness (QED) is 0.571. The Hall–Kier alpha value is -1.44. The number of aromatic amines is 1. The average Bonchev–Trinajstić information content (AvgIpc) is 2.67. The van der Waals surface area contributed by atoms with Crippen molar-refractivity contribution in [3.8, 4) is 0 Å². The van der Waals surface area contributed by atoms with E-state index in [1.165, 1.54) is 13.2 Å². The van der Waals surface area contributed by atoms with Gasteiger partial charge in [-0.05, 0) is 0 Å². The number of aliphatic hydroxyl groups excluding tert-OH is 2. The zero-order valence-electron chi connectivity index (χ0n) is 9.29. The van der Waals surface area contributed by atoms with E-state index in [0.29, 0.717) is 0 Å². The van der Waals surface area contributed by atoms with Crippen LogP contribution in [0.4, 0.5) is 0 Å². The summed E-state index contributed by atoms with van der Waals surface area (Å²) < 4.78 is 6.29. The van der Waals surface area contributed by atoms with E-state index in [9.17, 15) is 14.7 Å². The highest BCUT2D eigenvalue weighted by Crippen LogP contribution is 2.30. The molecule has 94 valence electrons. The van der Waals surface area contributed by atoms with Crippen molar-refractivity contribution in [3.63, 3.8) is 0 Å². The first-order chi connectivity index (χ1) is 8.04. The van der Waals surface area contributed by atoms with Crippen LogP contribution in [-0.2, 0) is 11.8 Å². The smallest absolute Gasteiger partial charge is 0.328 e. The summed E-state index contributed by atoms with van der Waals surface area (Å²) in [5.74, 6) is 0. The molecule has 0 unspecified atom stereocenters. The molecule has 1 aromatic rings. The maximum absolute atomic E-state index is 11.8. The monoisotopic (exact) mass is 242 g/mol. The lowest BCUT2D eigenvalue weighted by molar-refractivity contribution is -0.0230. The molecule has 3 atom stereocenters. The first-order valence-electron chi connectivity index (χ1n) is 5.27. The molecule has 1 fully saturated rings. The van der Waals surface area contributed by atoms with Gasteiger partial charge in [0.25, 0.3) is 5.56 Å². The average molecular weight is 242 g/mol. The Morgan fingerprint density at radius 2 is 2.29 bits per heavy atom. The fraction of sp³-hybridized carbons (Fsp3) is 0.600. The van der Waals surface area contributed by atoms with Crippen molar-refractivity contribution in [3.05, 3.63) is 32.6 Å². The van der Waals surface area contributed by atoms with Crippen molar-refractivity contribution >= 4 is 0 Å². The number of hydrogen-bond acceptors (Lipinski definition) is 5. The van der Waals surface area contributed by atoms with E-state index in [4.69, 9.17) is 9.84 Å². The van der Waals surface area contributed by atoms with Gasteiger partial charge >= 0.3 is 5.69 Å². The van der Waals surface area contributed by atoms with Crippen LogP contribution in [0.1, 0.15) is 18.1 Å². The molecule has 0 bridgehead atoms. The first kappa shape index (κ1) is 12.0. The van der Waals surface area contributed by atoms with E-state index < -0.39 is 29.6 Å². The molecule has 1 aliphatic heterocycles. The van der Waals surface area contributed by atoms with Crippen LogP contribution in [0.2, 0.25) is 0 Å². The Labute approximate surface area is 96.3 Å². The van der Waals surface area contributed by atoms with Crippen molar-refractivity contribution < 1.29 is 14.9 Å². The predicted octanol–water partition coefficient (Wildman–Crippen LogP) is -1.74. The summed E-state index contributed by atoms with van der Waals surface area (Å²) in [4.78, 5) is 25.4. The van der Waals surface area contributed by atoms with Crippen LogP contribution in [0, 0.1) is 0 Å². The second-order valence-electron chi connectivity index (χ2n) is 4.06. The van der Waals surface area contributed by atoms with E-state index in [-0.39, 0.29) is 18.6 Å². The zero-order chi connectivity index (χ0) is 12.6. The predicted molar refractivity (Wildman–Crippen MR) is 57.6 cm³/mol. The minimum Gasteiger partial charge on any atom is -0.394 e. The molecule has 7 nitrogen and oxygen atoms in total. The third kappa shape index (κ3) is 2.04. The molecule has 0 radical (unpaired) electrons. The van der Waals surface area contributed by atoms with Crippen molar-refractivity contribution in [2.75, 3.05) is 6.61 Å². The van der Waals surface area contributed by atoms with Crippen molar-refractivity contribution in [1.29, 1.82) is 0 Å². The summed E-state index contributed by atoms with van der Waals surface area (Å²) in [6, 6.07) is 0. The Morgan fingerprint density at radius 3 is 2.88 bits per heavy atom. The lowest BCUT2D eigenvalue weighted by Gasteiger charge is -2.11. The highest BCUT2D eigenvalue weighted by molar-refractivity contribution is 5.11. The van der Waals surface area contributed by atoms with Gasteiger partial charge in [-0.3, -0.25) is 9.36 Å². The molecular formula is C10H14N2O5. The number of H-pyrrole nitrogens is 1. The third-order valence-electron chi connectivity index (χ3n) is 2.96. The summed E-state index contributed by atoms with van der Waals surface area (Å²) in [7, 11) is 1.36. The SMILES string of the molecule is Cn1c(=O)[nH]cc([C@H]2C[C@H](O)[C@@H](CO)O2)c1=O. The Morgan fingerprint density at radius 1 is 1.59 bits per heavy atom. The molecule has 0 aliphatic carbocycles. The van der Waals surface area contributed by atoms with Crippen LogP contribution in [0.15, 0.2) is 15.8 Å². The van der Waals surface area contributed by atoms with Gasteiger partial charge in [-0.2, -0.15) is 0 Å². The van der Waals surface area contributed by atoms with Gasteiger partial charge in [-0.25, -0.2) is 4.79 Å². The molecule has 3 N–H and O–H groups in total. The second kappa shape index (κ2) is 4.44. The zero-order valence-corrected chi connectivity index (χ0v) is 9.29. The van der Waals surface area contributed by atoms with Gasteiger partial charge < -0.3 is 19.9 Å². The van der Waals surface area contributed by atoms with Crippen LogP contribution in [0.3, 0.4) is 0 Å². The molecule has 17 heavy (non-hydrogen) atoms. The topological polar surface area (TPSA) is 105 Å². The molecule has 1 saturated heterocycles. The Kier molecular flexibility index (Phi) is 3.14. The van der Waals surface area contributed by atoms with Gasteiger partial charge in [0.2, 0.25) is 0 Å². The molecular weight excluding hydrogens is 228 g/mol.